The highest BCUT2D eigenvalue weighted by molar-refractivity contribution is 7.92. The first-order valence-electron chi connectivity index (χ1n) is 9.84. The predicted molar refractivity (Wildman–Crippen MR) is 117 cm³/mol. The number of ether oxygens (including phenoxy) is 2. The molecular weight excluding hydrogens is 422 g/mol. The van der Waals surface area contributed by atoms with Gasteiger partial charge in [-0.3, -0.25) is 13.9 Å². The highest BCUT2D eigenvalue weighted by Gasteiger charge is 2.24. The van der Waals surface area contributed by atoms with Gasteiger partial charge >= 0.3 is 0 Å². The van der Waals surface area contributed by atoms with Crippen LogP contribution in [0.5, 0.6) is 11.5 Å². The van der Waals surface area contributed by atoms with Crippen LogP contribution in [0.4, 0.5) is 11.4 Å². The average molecular weight is 448 g/mol. The number of hydrogen-bond acceptors (Lipinski definition) is 6. The van der Waals surface area contributed by atoms with Crippen LogP contribution in [0.2, 0.25) is 0 Å². The number of sulfonamides is 1. The highest BCUT2D eigenvalue weighted by Crippen LogP contribution is 2.36. The molecule has 0 unspecified atom stereocenters. The molecule has 0 fully saturated rings. The Labute approximate surface area is 181 Å². The van der Waals surface area contributed by atoms with E-state index in [2.05, 4.69) is 10.6 Å². The van der Waals surface area contributed by atoms with E-state index in [4.69, 9.17) is 9.47 Å². The molecule has 0 aliphatic carbocycles. The van der Waals surface area contributed by atoms with Gasteiger partial charge < -0.3 is 20.1 Å². The van der Waals surface area contributed by atoms with Gasteiger partial charge in [0.05, 0.1) is 23.2 Å². The summed E-state index contributed by atoms with van der Waals surface area (Å²) in [6.07, 6.45) is 2.80. The number of nitrogens with one attached hydrogen (secondary N) is 2. The van der Waals surface area contributed by atoms with Gasteiger partial charge in [-0.2, -0.15) is 0 Å². The Morgan fingerprint density at radius 1 is 1.10 bits per heavy atom. The normalized spacial score (nSPS) is 12.3. The maximum Gasteiger partial charge on any atom is 0.253 e. The number of unbranched alkanes of at least 4 members (excludes halogenated alkanes) is 1. The van der Waals surface area contributed by atoms with Gasteiger partial charge in [0.2, 0.25) is 22.7 Å². The van der Waals surface area contributed by atoms with E-state index in [0.29, 0.717) is 29.3 Å². The molecule has 0 aromatic heterocycles. The van der Waals surface area contributed by atoms with Crippen LogP contribution < -0.4 is 24.4 Å². The topological polar surface area (TPSA) is 114 Å². The fourth-order valence-corrected chi connectivity index (χ4v) is 3.87. The van der Waals surface area contributed by atoms with Crippen molar-refractivity contribution in [3.05, 3.63) is 48.0 Å². The minimum Gasteiger partial charge on any atom is -0.454 e. The van der Waals surface area contributed by atoms with E-state index in [1.165, 1.54) is 12.1 Å². The number of benzene rings is 2. The number of para-hydroxylation sites is 1. The first kappa shape index (κ1) is 22.4. The SMILES string of the molecule is CCCCNC(=O)c1ccccc1NC(=O)CN(c1ccc2c(c1)OCO2)S(C)(=O)=O. The standard InChI is InChI=1S/C21H25N3O6S/c1-3-4-11-22-21(26)16-7-5-6-8-17(16)23-20(25)13-24(31(2,27)28)15-9-10-18-19(12-15)30-14-29-18/h5-10,12H,3-4,11,13-14H2,1-2H3,(H,22,26)(H,23,25). The molecule has 166 valence electrons. The Kier molecular flexibility index (Phi) is 7.01. The lowest BCUT2D eigenvalue weighted by Crippen LogP contribution is -2.37. The molecule has 0 spiro atoms. The second-order valence-electron chi connectivity index (χ2n) is 7.01. The number of rotatable bonds is 9. The molecule has 0 saturated carbocycles. The molecule has 31 heavy (non-hydrogen) atoms. The van der Waals surface area contributed by atoms with Crippen LogP contribution in [0.15, 0.2) is 42.5 Å². The van der Waals surface area contributed by atoms with Crippen LogP contribution in [-0.2, 0) is 14.8 Å². The van der Waals surface area contributed by atoms with E-state index in [-0.39, 0.29) is 18.4 Å². The van der Waals surface area contributed by atoms with Crippen molar-refractivity contribution >= 4 is 33.2 Å². The lowest BCUT2D eigenvalue weighted by atomic mass is 10.1. The third kappa shape index (κ3) is 5.66. The molecule has 0 bridgehead atoms. The Morgan fingerprint density at radius 3 is 2.58 bits per heavy atom. The highest BCUT2D eigenvalue weighted by atomic mass is 32.2. The van der Waals surface area contributed by atoms with Crippen LogP contribution in [0, 0.1) is 0 Å². The third-order valence-corrected chi connectivity index (χ3v) is 5.73. The lowest BCUT2D eigenvalue weighted by molar-refractivity contribution is -0.114. The smallest absolute Gasteiger partial charge is 0.253 e. The molecule has 10 heteroatoms. The molecule has 0 atom stereocenters. The minimum absolute atomic E-state index is 0.0508. The van der Waals surface area contributed by atoms with Gasteiger partial charge in [0.15, 0.2) is 11.5 Å². The maximum absolute atomic E-state index is 12.7. The van der Waals surface area contributed by atoms with Crippen molar-refractivity contribution in [1.29, 1.82) is 0 Å². The number of hydrogen-bond donors (Lipinski definition) is 2. The summed E-state index contributed by atoms with van der Waals surface area (Å²) in [6.45, 7) is 2.14. The zero-order valence-electron chi connectivity index (χ0n) is 17.4. The summed E-state index contributed by atoms with van der Waals surface area (Å²) in [5, 5.41) is 5.45. The van der Waals surface area contributed by atoms with Crippen molar-refractivity contribution in [2.75, 3.05) is 35.8 Å². The van der Waals surface area contributed by atoms with Crippen molar-refractivity contribution < 1.29 is 27.5 Å². The Balaban J connectivity index is 1.76. The Morgan fingerprint density at radius 2 is 1.84 bits per heavy atom. The quantitative estimate of drug-likeness (QED) is 0.571. The predicted octanol–water partition coefficient (Wildman–Crippen LogP) is 2.35. The lowest BCUT2D eigenvalue weighted by Gasteiger charge is -2.22. The van der Waals surface area contributed by atoms with E-state index < -0.39 is 22.5 Å². The van der Waals surface area contributed by atoms with Gasteiger partial charge in [0.25, 0.3) is 5.91 Å². The maximum atomic E-state index is 12.7. The zero-order valence-corrected chi connectivity index (χ0v) is 18.2. The molecule has 1 aliphatic rings. The van der Waals surface area contributed by atoms with Crippen LogP contribution in [0.25, 0.3) is 0 Å². The summed E-state index contributed by atoms with van der Waals surface area (Å²) in [4.78, 5) is 25.1. The van der Waals surface area contributed by atoms with Gasteiger partial charge in [-0.1, -0.05) is 25.5 Å². The van der Waals surface area contributed by atoms with Gasteiger partial charge in [-0.05, 0) is 30.7 Å². The van der Waals surface area contributed by atoms with E-state index in [1.54, 1.807) is 30.3 Å². The average Bonchev–Trinajstić information content (AvgIpc) is 3.19. The number of nitrogens with zero attached hydrogens (tertiary/aromatic N) is 1. The molecule has 9 nitrogen and oxygen atoms in total. The number of fused-ring (bicyclic) bond motifs is 1. The van der Waals surface area contributed by atoms with E-state index in [0.717, 1.165) is 23.4 Å². The van der Waals surface area contributed by atoms with Gasteiger partial charge in [-0.15, -0.1) is 0 Å². The summed E-state index contributed by atoms with van der Waals surface area (Å²) in [5.74, 6) is 0.0160. The second-order valence-corrected chi connectivity index (χ2v) is 8.92. The van der Waals surface area contributed by atoms with Crippen molar-refractivity contribution in [1.82, 2.24) is 5.32 Å². The summed E-state index contributed by atoms with van der Waals surface area (Å²) < 4.78 is 36.2. The molecule has 3 rings (SSSR count). The number of anilines is 2. The molecule has 2 aromatic rings. The summed E-state index contributed by atoms with van der Waals surface area (Å²) in [6, 6.07) is 11.2. The van der Waals surface area contributed by atoms with Gasteiger partial charge in [0.1, 0.15) is 6.54 Å². The van der Waals surface area contributed by atoms with Crippen LogP contribution in [0.1, 0.15) is 30.1 Å². The molecule has 0 radical (unpaired) electrons. The molecule has 0 saturated heterocycles. The molecular formula is C21H25N3O6S. The van der Waals surface area contributed by atoms with Crippen molar-refractivity contribution in [2.45, 2.75) is 19.8 Å². The molecule has 1 heterocycles. The number of carbonyl (C=O) groups is 2. The summed E-state index contributed by atoms with van der Waals surface area (Å²) in [5.41, 5.74) is 0.883. The zero-order chi connectivity index (χ0) is 22.4. The van der Waals surface area contributed by atoms with Crippen molar-refractivity contribution in [3.8, 4) is 11.5 Å². The monoisotopic (exact) mass is 447 g/mol. The largest absolute Gasteiger partial charge is 0.454 e. The summed E-state index contributed by atoms with van der Waals surface area (Å²) >= 11 is 0. The summed E-state index contributed by atoms with van der Waals surface area (Å²) in [7, 11) is -3.77. The minimum atomic E-state index is -3.77. The van der Waals surface area contributed by atoms with Crippen LogP contribution in [-0.4, -0.2) is 46.4 Å². The van der Waals surface area contributed by atoms with E-state index >= 15 is 0 Å². The van der Waals surface area contributed by atoms with Crippen molar-refractivity contribution in [3.63, 3.8) is 0 Å². The Hall–Kier alpha value is -3.27. The van der Waals surface area contributed by atoms with Crippen LogP contribution in [0.3, 0.4) is 0 Å². The van der Waals surface area contributed by atoms with Crippen molar-refractivity contribution in [2.24, 2.45) is 0 Å². The molecule has 2 amide bonds. The van der Waals surface area contributed by atoms with Crippen LogP contribution >= 0.6 is 0 Å². The third-order valence-electron chi connectivity index (χ3n) is 4.59. The van der Waals surface area contributed by atoms with Gasteiger partial charge in [0, 0.05) is 12.6 Å². The molecule has 2 N–H and O–H groups in total. The number of amides is 2. The fourth-order valence-electron chi connectivity index (χ4n) is 3.02. The Bertz CT molecular complexity index is 1070. The molecule has 1 aliphatic heterocycles. The fraction of sp³-hybridized carbons (Fsp3) is 0.333. The van der Waals surface area contributed by atoms with Gasteiger partial charge in [-0.25, -0.2) is 8.42 Å². The first-order chi connectivity index (χ1) is 14.8. The second kappa shape index (κ2) is 9.69. The van der Waals surface area contributed by atoms with E-state index in [9.17, 15) is 18.0 Å². The number of carbonyl (C=O) groups excluding carboxylic acids is 2. The first-order valence-corrected chi connectivity index (χ1v) is 11.7. The molecule has 2 aromatic carbocycles. The van der Waals surface area contributed by atoms with E-state index in [1.807, 2.05) is 6.92 Å².